The standard InChI is InChI=1S/C35H50N6O/c1-24(2)16-33-22-40(21-31(36)20-29-13-11-25(3)17-26(29)4)32(10-7-15-39-35(37)38)23-41(33)34(42)19-27-12-14-28-8-5-6-9-30(28)18-27/h5-6,8-9,11-14,17-18,24,31-33H,7,10,15-16,19-23,36H2,1-4H3,(H4,37,38,39). The zero-order valence-corrected chi connectivity index (χ0v) is 25.9. The number of aryl methyl sites for hydroxylation is 2. The van der Waals surface area contributed by atoms with Crippen molar-refractivity contribution in [3.05, 3.63) is 82.9 Å². The first-order valence-electron chi connectivity index (χ1n) is 15.5. The second-order valence-corrected chi connectivity index (χ2v) is 12.6. The van der Waals surface area contributed by atoms with Gasteiger partial charge in [0.05, 0.1) is 6.42 Å². The summed E-state index contributed by atoms with van der Waals surface area (Å²) in [4.78, 5) is 22.8. The lowest BCUT2D eigenvalue weighted by molar-refractivity contribution is -0.138. The van der Waals surface area contributed by atoms with Crippen LogP contribution in [0.1, 0.15) is 55.4 Å². The van der Waals surface area contributed by atoms with Gasteiger partial charge >= 0.3 is 0 Å². The van der Waals surface area contributed by atoms with Gasteiger partial charge < -0.3 is 22.1 Å². The molecule has 0 saturated carbocycles. The minimum absolute atomic E-state index is 0.00571. The molecule has 7 nitrogen and oxygen atoms in total. The predicted octanol–water partition coefficient (Wildman–Crippen LogP) is 4.55. The van der Waals surface area contributed by atoms with Gasteiger partial charge in [0.15, 0.2) is 5.96 Å². The average Bonchev–Trinajstić information content (AvgIpc) is 2.93. The van der Waals surface area contributed by atoms with Crippen molar-refractivity contribution in [1.82, 2.24) is 9.80 Å². The summed E-state index contributed by atoms with van der Waals surface area (Å²) >= 11 is 0. The molecular formula is C35H50N6O. The second kappa shape index (κ2) is 14.7. The molecule has 1 amide bonds. The number of fused-ring (bicyclic) bond motifs is 1. The van der Waals surface area contributed by atoms with E-state index in [2.05, 4.69) is 91.0 Å². The normalized spacial score (nSPS) is 18.4. The number of hydrogen-bond donors (Lipinski definition) is 3. The quantitative estimate of drug-likeness (QED) is 0.168. The van der Waals surface area contributed by atoms with Crippen molar-refractivity contribution in [3.8, 4) is 0 Å². The highest BCUT2D eigenvalue weighted by Crippen LogP contribution is 2.26. The van der Waals surface area contributed by atoms with Crippen LogP contribution in [0.25, 0.3) is 10.8 Å². The van der Waals surface area contributed by atoms with Crippen molar-refractivity contribution in [2.75, 3.05) is 26.2 Å². The van der Waals surface area contributed by atoms with Crippen LogP contribution in [0.4, 0.5) is 0 Å². The van der Waals surface area contributed by atoms with Crippen molar-refractivity contribution in [2.24, 2.45) is 28.1 Å². The summed E-state index contributed by atoms with van der Waals surface area (Å²) in [5.74, 6) is 0.801. The molecular weight excluding hydrogens is 520 g/mol. The molecule has 0 aliphatic carbocycles. The Bertz CT molecular complexity index is 1360. The Hall–Kier alpha value is -3.42. The van der Waals surface area contributed by atoms with E-state index < -0.39 is 0 Å². The lowest BCUT2D eigenvalue weighted by atomic mass is 9.93. The van der Waals surface area contributed by atoms with Gasteiger partial charge in [-0.05, 0) is 72.9 Å². The third-order valence-corrected chi connectivity index (χ3v) is 8.48. The van der Waals surface area contributed by atoms with Crippen LogP contribution < -0.4 is 17.2 Å². The van der Waals surface area contributed by atoms with Crippen molar-refractivity contribution in [1.29, 1.82) is 0 Å². The van der Waals surface area contributed by atoms with Gasteiger partial charge in [-0.3, -0.25) is 14.7 Å². The van der Waals surface area contributed by atoms with Gasteiger partial charge in [-0.2, -0.15) is 0 Å². The summed E-state index contributed by atoms with van der Waals surface area (Å²) in [5.41, 5.74) is 22.9. The Morgan fingerprint density at radius 2 is 1.74 bits per heavy atom. The highest BCUT2D eigenvalue weighted by Gasteiger charge is 2.36. The molecule has 0 aromatic heterocycles. The van der Waals surface area contributed by atoms with Gasteiger partial charge in [-0.15, -0.1) is 0 Å². The number of nitrogens with two attached hydrogens (primary N) is 3. The number of rotatable bonds is 12. The van der Waals surface area contributed by atoms with Crippen molar-refractivity contribution >= 4 is 22.6 Å². The van der Waals surface area contributed by atoms with Gasteiger partial charge in [0, 0.05) is 44.3 Å². The van der Waals surface area contributed by atoms with Crippen molar-refractivity contribution < 1.29 is 4.79 Å². The molecule has 3 aromatic rings. The molecule has 226 valence electrons. The van der Waals surface area contributed by atoms with E-state index >= 15 is 0 Å². The highest BCUT2D eigenvalue weighted by atomic mass is 16.2. The van der Waals surface area contributed by atoms with Gasteiger partial charge in [0.25, 0.3) is 0 Å². The molecule has 0 spiro atoms. The number of piperazine rings is 1. The Balaban J connectivity index is 1.52. The van der Waals surface area contributed by atoms with Crippen LogP contribution >= 0.6 is 0 Å². The lowest BCUT2D eigenvalue weighted by Gasteiger charge is -2.48. The predicted molar refractivity (Wildman–Crippen MR) is 175 cm³/mol. The lowest BCUT2D eigenvalue weighted by Crippen LogP contribution is -2.62. The number of benzene rings is 3. The largest absolute Gasteiger partial charge is 0.370 e. The van der Waals surface area contributed by atoms with Crippen LogP contribution in [-0.2, 0) is 17.6 Å². The molecule has 0 bridgehead atoms. The van der Waals surface area contributed by atoms with E-state index in [4.69, 9.17) is 17.2 Å². The summed E-state index contributed by atoms with van der Waals surface area (Å²) in [6.45, 7) is 11.7. The molecule has 42 heavy (non-hydrogen) atoms. The first-order chi connectivity index (χ1) is 20.1. The van der Waals surface area contributed by atoms with E-state index in [1.165, 1.54) is 27.5 Å². The molecule has 6 N–H and O–H groups in total. The molecule has 3 atom stereocenters. The SMILES string of the molecule is Cc1ccc(CC(N)CN2CC(CC(C)C)N(C(=O)Cc3ccc4ccccc4c3)CC2CCCN=C(N)N)c(C)c1. The van der Waals surface area contributed by atoms with Crippen LogP contribution in [0.5, 0.6) is 0 Å². The van der Waals surface area contributed by atoms with Crippen molar-refractivity contribution in [2.45, 2.75) is 77.9 Å². The van der Waals surface area contributed by atoms with E-state index in [1.807, 2.05) is 12.1 Å². The Kier molecular flexibility index (Phi) is 11.0. The maximum Gasteiger partial charge on any atom is 0.227 e. The van der Waals surface area contributed by atoms with E-state index in [1.54, 1.807) is 0 Å². The molecule has 4 rings (SSSR count). The number of carbonyl (C=O) groups is 1. The third kappa shape index (κ3) is 8.79. The van der Waals surface area contributed by atoms with Gasteiger partial charge in [0.1, 0.15) is 0 Å². The first kappa shape index (κ1) is 31.5. The molecule has 0 radical (unpaired) electrons. The Morgan fingerprint density at radius 3 is 2.45 bits per heavy atom. The zero-order chi connectivity index (χ0) is 30.2. The molecule has 1 saturated heterocycles. The van der Waals surface area contributed by atoms with Crippen LogP contribution in [0.2, 0.25) is 0 Å². The fourth-order valence-electron chi connectivity index (χ4n) is 6.44. The first-order valence-corrected chi connectivity index (χ1v) is 15.5. The summed E-state index contributed by atoms with van der Waals surface area (Å²) in [6, 6.07) is 21.6. The van der Waals surface area contributed by atoms with Crippen molar-refractivity contribution in [3.63, 3.8) is 0 Å². The third-order valence-electron chi connectivity index (χ3n) is 8.48. The van der Waals surface area contributed by atoms with E-state index in [9.17, 15) is 4.79 Å². The molecule has 1 fully saturated rings. The summed E-state index contributed by atoms with van der Waals surface area (Å²) < 4.78 is 0. The number of nitrogens with zero attached hydrogens (tertiary/aromatic N) is 3. The fourth-order valence-corrected chi connectivity index (χ4v) is 6.44. The minimum Gasteiger partial charge on any atom is -0.370 e. The van der Waals surface area contributed by atoms with Gasteiger partial charge in [0.2, 0.25) is 5.91 Å². The summed E-state index contributed by atoms with van der Waals surface area (Å²) in [5, 5.41) is 2.36. The molecule has 1 aliphatic heterocycles. The van der Waals surface area contributed by atoms with Crippen LogP contribution in [0.15, 0.2) is 65.7 Å². The number of carbonyl (C=O) groups excluding carboxylic acids is 1. The molecule has 7 heteroatoms. The topological polar surface area (TPSA) is 114 Å². The van der Waals surface area contributed by atoms with E-state index in [0.717, 1.165) is 44.3 Å². The monoisotopic (exact) mass is 570 g/mol. The molecule has 3 aromatic carbocycles. The van der Waals surface area contributed by atoms with Gasteiger partial charge in [-0.1, -0.05) is 80.1 Å². The number of guanidine groups is 1. The minimum atomic E-state index is 0.00571. The smallest absolute Gasteiger partial charge is 0.227 e. The van der Waals surface area contributed by atoms with Crippen LogP contribution in [0.3, 0.4) is 0 Å². The van der Waals surface area contributed by atoms with Crippen LogP contribution in [-0.4, -0.2) is 66.0 Å². The van der Waals surface area contributed by atoms with E-state index in [-0.39, 0.29) is 30.0 Å². The Morgan fingerprint density at radius 1 is 0.976 bits per heavy atom. The number of hydrogen-bond acceptors (Lipinski definition) is 4. The number of aliphatic imine (C=N–C) groups is 1. The number of amides is 1. The van der Waals surface area contributed by atoms with Gasteiger partial charge in [-0.25, -0.2) is 0 Å². The Labute approximate surface area is 252 Å². The second-order valence-electron chi connectivity index (χ2n) is 12.6. The fraction of sp³-hybridized carbons (Fsp3) is 0.486. The summed E-state index contributed by atoms with van der Waals surface area (Å²) in [7, 11) is 0. The van der Waals surface area contributed by atoms with E-state index in [0.29, 0.717) is 25.4 Å². The maximum atomic E-state index is 13.9. The maximum absolute atomic E-state index is 13.9. The zero-order valence-electron chi connectivity index (χ0n) is 25.9. The summed E-state index contributed by atoms with van der Waals surface area (Å²) in [6.07, 6.45) is 3.97. The molecule has 3 unspecified atom stereocenters. The molecule has 1 heterocycles. The van der Waals surface area contributed by atoms with Crippen LogP contribution in [0, 0.1) is 19.8 Å². The highest BCUT2D eigenvalue weighted by molar-refractivity contribution is 5.85. The average molecular weight is 571 g/mol. The molecule has 1 aliphatic rings.